The molecule has 2 heterocycles. The van der Waals surface area contributed by atoms with E-state index in [9.17, 15) is 9.00 Å². The molecule has 0 saturated heterocycles. The number of nitrogens with zero attached hydrogens (tertiary/aromatic N) is 3. The maximum atomic E-state index is 13.0. The summed E-state index contributed by atoms with van der Waals surface area (Å²) in [5, 5.41) is 13.0. The van der Waals surface area contributed by atoms with E-state index >= 15 is 0 Å². The Morgan fingerprint density at radius 3 is 2.79 bits per heavy atom. The van der Waals surface area contributed by atoms with E-state index in [4.69, 9.17) is 9.88 Å². The second kappa shape index (κ2) is 5.81. The molecule has 28 heavy (non-hydrogen) atoms. The second-order valence-corrected chi connectivity index (χ2v) is 10.1. The van der Waals surface area contributed by atoms with Gasteiger partial charge in [0, 0.05) is 5.69 Å². The number of anilines is 1. The fourth-order valence-corrected chi connectivity index (χ4v) is 5.31. The number of fused-ring (bicyclic) bond motifs is 3. The molecule has 0 unspecified atom stereocenters. The van der Waals surface area contributed by atoms with Crippen LogP contribution in [0.1, 0.15) is 42.5 Å². The first kappa shape index (κ1) is 17.7. The van der Waals surface area contributed by atoms with Gasteiger partial charge in [-0.15, -0.1) is 4.36 Å². The van der Waals surface area contributed by atoms with Crippen molar-refractivity contribution in [1.82, 2.24) is 9.78 Å². The number of ether oxygens (including phenoxy) is 1. The van der Waals surface area contributed by atoms with E-state index in [0.717, 1.165) is 37.8 Å². The molecule has 9 heteroatoms. The van der Waals surface area contributed by atoms with E-state index in [1.807, 2.05) is 13.8 Å². The summed E-state index contributed by atoms with van der Waals surface area (Å²) in [6.45, 7) is 4.33. The molecule has 3 aliphatic rings. The lowest BCUT2D eigenvalue weighted by Gasteiger charge is -2.25. The van der Waals surface area contributed by atoms with Crippen molar-refractivity contribution >= 4 is 21.6 Å². The Balaban J connectivity index is 1.47. The first-order chi connectivity index (χ1) is 13.2. The third-order valence-electron chi connectivity index (χ3n) is 5.67. The van der Waals surface area contributed by atoms with Gasteiger partial charge in [0.05, 0.1) is 12.7 Å². The van der Waals surface area contributed by atoms with Crippen molar-refractivity contribution in [2.45, 2.75) is 63.0 Å². The summed E-state index contributed by atoms with van der Waals surface area (Å²) >= 11 is 0. The normalized spacial score (nSPS) is 20.2. The molecule has 8 nitrogen and oxygen atoms in total. The fraction of sp³-hybridized carbons (Fsp3) is 0.474. The second-order valence-electron chi connectivity index (χ2n) is 8.30. The summed E-state index contributed by atoms with van der Waals surface area (Å²) in [5.41, 5.74) is 5.31. The van der Waals surface area contributed by atoms with Gasteiger partial charge < -0.3 is 10.1 Å². The minimum Gasteiger partial charge on any atom is -0.469 e. The number of aromatic nitrogens is 2. The van der Waals surface area contributed by atoms with Crippen LogP contribution in [0.15, 0.2) is 21.5 Å². The van der Waals surface area contributed by atoms with Crippen LogP contribution in [-0.4, -0.2) is 25.6 Å². The minimum atomic E-state index is -3.48. The minimum absolute atomic E-state index is 0.152. The van der Waals surface area contributed by atoms with Gasteiger partial charge in [-0.05, 0) is 68.2 Å². The van der Waals surface area contributed by atoms with Crippen LogP contribution in [0.4, 0.5) is 10.5 Å². The molecule has 3 N–H and O–H groups in total. The number of urea groups is 1. The SMILES string of the molecule is CC1(C)Cn2ncc([S@](N)(=O)=NC(=O)Nc3c4c(cc5c3CC5)CCC4)c2O1. The quantitative estimate of drug-likeness (QED) is 0.805. The van der Waals surface area contributed by atoms with Crippen LogP contribution < -0.4 is 15.2 Å². The van der Waals surface area contributed by atoms with Crippen molar-refractivity contribution in [3.63, 3.8) is 0 Å². The molecule has 0 bridgehead atoms. The highest BCUT2D eigenvalue weighted by Crippen LogP contribution is 2.40. The van der Waals surface area contributed by atoms with Gasteiger partial charge in [-0.3, -0.25) is 0 Å². The number of hydrogen-bond acceptors (Lipinski definition) is 4. The zero-order chi connectivity index (χ0) is 19.7. The smallest absolute Gasteiger partial charge is 0.354 e. The molecule has 0 radical (unpaired) electrons. The Kier molecular flexibility index (Phi) is 3.67. The van der Waals surface area contributed by atoms with Gasteiger partial charge in [-0.1, -0.05) is 6.07 Å². The van der Waals surface area contributed by atoms with Crippen molar-refractivity contribution in [2.24, 2.45) is 9.50 Å². The zero-order valence-corrected chi connectivity index (χ0v) is 16.8. The van der Waals surface area contributed by atoms with Crippen LogP contribution in [-0.2, 0) is 42.1 Å². The summed E-state index contributed by atoms with van der Waals surface area (Å²) in [6.07, 6.45) is 6.40. The van der Waals surface area contributed by atoms with E-state index in [-0.39, 0.29) is 4.90 Å². The average molecular weight is 401 g/mol. The van der Waals surface area contributed by atoms with Gasteiger partial charge in [-0.2, -0.15) is 5.10 Å². The molecular formula is C19H23N5O3S. The molecule has 0 saturated carbocycles. The lowest BCUT2D eigenvalue weighted by molar-refractivity contribution is 0.132. The molecule has 0 fully saturated rings. The molecule has 0 spiro atoms. The van der Waals surface area contributed by atoms with Gasteiger partial charge >= 0.3 is 6.03 Å². The van der Waals surface area contributed by atoms with Gasteiger partial charge in [-0.25, -0.2) is 18.8 Å². The zero-order valence-electron chi connectivity index (χ0n) is 15.9. The highest BCUT2D eigenvalue weighted by atomic mass is 32.2. The number of carbonyl (C=O) groups is 1. The molecule has 2 amide bonds. The van der Waals surface area contributed by atoms with Gasteiger partial charge in [0.25, 0.3) is 0 Å². The highest BCUT2D eigenvalue weighted by Gasteiger charge is 2.35. The number of amides is 2. The van der Waals surface area contributed by atoms with Crippen LogP contribution in [0.3, 0.4) is 0 Å². The Hall–Kier alpha value is -2.39. The van der Waals surface area contributed by atoms with Gasteiger partial charge in [0.15, 0.2) is 9.92 Å². The Bertz CT molecular complexity index is 1140. The largest absolute Gasteiger partial charge is 0.469 e. The van der Waals surface area contributed by atoms with Gasteiger partial charge in [0.1, 0.15) is 10.5 Å². The maximum Gasteiger partial charge on any atom is 0.354 e. The average Bonchev–Trinajstić information content (AvgIpc) is 3.22. The van der Waals surface area contributed by atoms with Crippen LogP contribution in [0, 0.1) is 0 Å². The fourth-order valence-electron chi connectivity index (χ4n) is 4.32. The van der Waals surface area contributed by atoms with E-state index in [0.29, 0.717) is 12.4 Å². The summed E-state index contributed by atoms with van der Waals surface area (Å²) in [5.74, 6) is 0.318. The third kappa shape index (κ3) is 2.72. The van der Waals surface area contributed by atoms with Crippen molar-refractivity contribution in [3.05, 3.63) is 34.5 Å². The lowest BCUT2D eigenvalue weighted by Crippen LogP contribution is -2.27. The van der Waals surface area contributed by atoms with E-state index in [2.05, 4.69) is 20.8 Å². The third-order valence-corrected chi connectivity index (χ3v) is 7.02. The topological polar surface area (TPSA) is 112 Å². The van der Waals surface area contributed by atoms with Crippen LogP contribution in [0.25, 0.3) is 0 Å². The Morgan fingerprint density at radius 2 is 2.04 bits per heavy atom. The molecule has 1 atom stereocenters. The highest BCUT2D eigenvalue weighted by molar-refractivity contribution is 7.91. The van der Waals surface area contributed by atoms with Crippen LogP contribution >= 0.6 is 0 Å². The maximum absolute atomic E-state index is 13.0. The van der Waals surface area contributed by atoms with E-state index in [1.165, 1.54) is 28.5 Å². The van der Waals surface area contributed by atoms with Gasteiger partial charge in [0.2, 0.25) is 5.88 Å². The number of nitrogens with one attached hydrogen (secondary N) is 1. The Morgan fingerprint density at radius 1 is 1.29 bits per heavy atom. The summed E-state index contributed by atoms with van der Waals surface area (Å²) in [4.78, 5) is 12.8. The van der Waals surface area contributed by atoms with Crippen molar-refractivity contribution < 1.29 is 13.7 Å². The molecule has 2 aromatic rings. The summed E-state index contributed by atoms with van der Waals surface area (Å²) in [7, 11) is -3.48. The molecule has 1 aromatic heterocycles. The first-order valence-electron chi connectivity index (χ1n) is 9.51. The number of carbonyl (C=O) groups excluding carboxylic acids is 1. The van der Waals surface area contributed by atoms with Crippen molar-refractivity contribution in [2.75, 3.05) is 5.32 Å². The number of rotatable bonds is 2. The predicted molar refractivity (Wildman–Crippen MR) is 105 cm³/mol. The lowest BCUT2D eigenvalue weighted by atomic mass is 9.83. The summed E-state index contributed by atoms with van der Waals surface area (Å²) < 4.78 is 24.3. The Labute approximate surface area is 163 Å². The van der Waals surface area contributed by atoms with E-state index < -0.39 is 21.5 Å². The molecule has 148 valence electrons. The van der Waals surface area contributed by atoms with E-state index in [1.54, 1.807) is 4.68 Å². The molecule has 5 rings (SSSR count). The summed E-state index contributed by atoms with van der Waals surface area (Å²) in [6, 6.07) is 1.56. The molecular weight excluding hydrogens is 378 g/mol. The molecule has 1 aromatic carbocycles. The van der Waals surface area contributed by atoms with Crippen LogP contribution in [0.2, 0.25) is 0 Å². The number of benzene rings is 1. The first-order valence-corrected chi connectivity index (χ1v) is 11.1. The standard InChI is InChI=1S/C19H23N5O3S/c1-19(2)10-24-17(27-19)15(9-21-24)28(20,26)23-18(25)22-16-13-5-3-4-11(13)8-12-6-7-14(12)16/h8-9H,3-7,10H2,1-2H3,(H3,20,22,23,25,26)/t28-/m1/s1. The van der Waals surface area contributed by atoms with Crippen LogP contribution in [0.5, 0.6) is 5.88 Å². The number of hydrogen-bond donors (Lipinski definition) is 2. The number of aryl methyl sites for hydroxylation is 2. The monoisotopic (exact) mass is 401 g/mol. The van der Waals surface area contributed by atoms with Crippen molar-refractivity contribution in [1.29, 1.82) is 0 Å². The molecule has 2 aliphatic carbocycles. The predicted octanol–water partition coefficient (Wildman–Crippen LogP) is 2.57. The number of nitrogens with two attached hydrogens (primary N) is 1. The molecule has 1 aliphatic heterocycles. The van der Waals surface area contributed by atoms with Crippen molar-refractivity contribution in [3.8, 4) is 5.88 Å².